The number of rotatable bonds is 10. The zero-order valence-electron chi connectivity index (χ0n) is 11.7. The Morgan fingerprint density at radius 1 is 1.44 bits per heavy atom. The van der Waals surface area contributed by atoms with E-state index in [0.717, 1.165) is 19.0 Å². The first-order valence-electron chi connectivity index (χ1n) is 6.94. The molecule has 1 heterocycles. The lowest BCUT2D eigenvalue weighted by atomic mass is 10.1. The summed E-state index contributed by atoms with van der Waals surface area (Å²) in [7, 11) is 1.64. The van der Waals surface area contributed by atoms with Crippen LogP contribution in [0.2, 0.25) is 0 Å². The maximum absolute atomic E-state index is 9.68. The van der Waals surface area contributed by atoms with Gasteiger partial charge < -0.3 is 24.8 Å². The Morgan fingerprint density at radius 3 is 2.94 bits per heavy atom. The van der Waals surface area contributed by atoms with Gasteiger partial charge in [-0.05, 0) is 32.0 Å². The van der Waals surface area contributed by atoms with Crippen LogP contribution in [0.3, 0.4) is 0 Å². The Balaban J connectivity index is 1.93. The van der Waals surface area contributed by atoms with Crippen LogP contribution in [0.1, 0.15) is 13.3 Å². The smallest absolute Gasteiger partial charge is 0.0897 e. The van der Waals surface area contributed by atoms with E-state index >= 15 is 0 Å². The molecule has 2 N–H and O–H groups in total. The van der Waals surface area contributed by atoms with E-state index in [1.165, 1.54) is 19.5 Å². The number of ether oxygens (including phenoxy) is 2. The second-order valence-electron chi connectivity index (χ2n) is 4.93. The highest BCUT2D eigenvalue weighted by molar-refractivity contribution is 4.76. The van der Waals surface area contributed by atoms with E-state index in [-0.39, 0.29) is 0 Å². The number of methoxy groups -OCH3 is 1. The molecule has 1 aliphatic rings. The molecule has 1 fully saturated rings. The summed E-state index contributed by atoms with van der Waals surface area (Å²) >= 11 is 0. The van der Waals surface area contributed by atoms with Crippen molar-refractivity contribution in [1.29, 1.82) is 0 Å². The Hall–Kier alpha value is -0.200. The van der Waals surface area contributed by atoms with E-state index in [9.17, 15) is 5.11 Å². The summed E-state index contributed by atoms with van der Waals surface area (Å²) < 4.78 is 10.1. The van der Waals surface area contributed by atoms with Gasteiger partial charge in [-0.15, -0.1) is 0 Å². The first-order valence-corrected chi connectivity index (χ1v) is 6.94. The summed E-state index contributed by atoms with van der Waals surface area (Å²) in [5.41, 5.74) is 0. The number of nitrogens with one attached hydrogen (secondary N) is 1. The quantitative estimate of drug-likeness (QED) is 0.539. The molecule has 0 aliphatic carbocycles. The Labute approximate surface area is 110 Å². The predicted octanol–water partition coefficient (Wildman–Crippen LogP) is -0.0583. The predicted molar refractivity (Wildman–Crippen MR) is 71.8 cm³/mol. The van der Waals surface area contributed by atoms with E-state index in [4.69, 9.17) is 9.47 Å². The summed E-state index contributed by atoms with van der Waals surface area (Å²) in [5, 5.41) is 13.0. The van der Waals surface area contributed by atoms with Crippen molar-refractivity contribution >= 4 is 0 Å². The lowest BCUT2D eigenvalue weighted by Crippen LogP contribution is -2.34. The van der Waals surface area contributed by atoms with Crippen LogP contribution in [-0.4, -0.2) is 75.8 Å². The van der Waals surface area contributed by atoms with E-state index in [0.29, 0.717) is 26.4 Å². The fourth-order valence-corrected chi connectivity index (χ4v) is 2.24. The highest BCUT2D eigenvalue weighted by Crippen LogP contribution is 2.14. The Kier molecular flexibility index (Phi) is 8.54. The van der Waals surface area contributed by atoms with Crippen molar-refractivity contribution in [1.82, 2.24) is 10.2 Å². The summed E-state index contributed by atoms with van der Waals surface area (Å²) in [6.07, 6.45) is 0.840. The third-order valence-electron chi connectivity index (χ3n) is 3.37. The molecule has 0 radical (unpaired) electrons. The standard InChI is InChI=1S/C13H28N2O3/c1-3-15-5-4-12(10-15)8-14-9-13(16)11-18-7-6-17-2/h12-14,16H,3-11H2,1-2H3. The van der Waals surface area contributed by atoms with Gasteiger partial charge in [-0.25, -0.2) is 0 Å². The molecule has 5 heteroatoms. The van der Waals surface area contributed by atoms with E-state index in [1.54, 1.807) is 7.11 Å². The number of likely N-dealkylation sites (tertiary alicyclic amines) is 1. The maximum atomic E-state index is 9.68. The minimum Gasteiger partial charge on any atom is -0.389 e. The van der Waals surface area contributed by atoms with Crippen molar-refractivity contribution in [2.24, 2.45) is 5.92 Å². The first-order chi connectivity index (χ1) is 8.76. The van der Waals surface area contributed by atoms with Gasteiger partial charge in [0.1, 0.15) is 0 Å². The number of hydrogen-bond donors (Lipinski definition) is 2. The zero-order chi connectivity index (χ0) is 13.2. The molecule has 0 aromatic carbocycles. The van der Waals surface area contributed by atoms with Gasteiger partial charge in [0.05, 0.1) is 25.9 Å². The van der Waals surface area contributed by atoms with E-state index in [1.807, 2.05) is 0 Å². The largest absolute Gasteiger partial charge is 0.389 e. The molecule has 1 aliphatic heterocycles. The Bertz CT molecular complexity index is 205. The molecule has 1 rings (SSSR count). The Morgan fingerprint density at radius 2 is 2.28 bits per heavy atom. The van der Waals surface area contributed by atoms with Crippen molar-refractivity contribution in [2.45, 2.75) is 19.4 Å². The SMILES string of the molecule is CCN1CCC(CNCC(O)COCCOC)C1. The van der Waals surface area contributed by atoms with Crippen molar-refractivity contribution in [2.75, 3.05) is 59.7 Å². The van der Waals surface area contributed by atoms with Gasteiger partial charge in [0.2, 0.25) is 0 Å². The van der Waals surface area contributed by atoms with Crippen molar-refractivity contribution in [3.05, 3.63) is 0 Å². The molecule has 0 amide bonds. The third kappa shape index (κ3) is 6.66. The van der Waals surface area contributed by atoms with E-state index in [2.05, 4.69) is 17.1 Å². The molecule has 0 aromatic heterocycles. The molecule has 2 unspecified atom stereocenters. The molecule has 1 saturated heterocycles. The average molecular weight is 260 g/mol. The number of aliphatic hydroxyl groups is 1. The molecule has 18 heavy (non-hydrogen) atoms. The van der Waals surface area contributed by atoms with Crippen molar-refractivity contribution in [3.63, 3.8) is 0 Å². The summed E-state index contributed by atoms with van der Waals surface area (Å²) in [6, 6.07) is 0. The first kappa shape index (κ1) is 15.9. The minimum absolute atomic E-state index is 0.377. The average Bonchev–Trinajstić information content (AvgIpc) is 2.83. The number of aliphatic hydroxyl groups excluding tert-OH is 1. The van der Waals surface area contributed by atoms with Gasteiger partial charge in [0, 0.05) is 20.2 Å². The normalized spacial score (nSPS) is 22.5. The fourth-order valence-electron chi connectivity index (χ4n) is 2.24. The third-order valence-corrected chi connectivity index (χ3v) is 3.37. The van der Waals surface area contributed by atoms with Gasteiger partial charge in [0.25, 0.3) is 0 Å². The number of nitrogens with zero attached hydrogens (tertiary/aromatic N) is 1. The summed E-state index contributed by atoms with van der Waals surface area (Å²) in [5.74, 6) is 0.728. The highest BCUT2D eigenvalue weighted by atomic mass is 16.5. The fraction of sp³-hybridized carbons (Fsp3) is 1.00. The van der Waals surface area contributed by atoms with Crippen LogP contribution in [0.25, 0.3) is 0 Å². The van der Waals surface area contributed by atoms with E-state index < -0.39 is 6.10 Å². The monoisotopic (exact) mass is 260 g/mol. The molecular weight excluding hydrogens is 232 g/mol. The summed E-state index contributed by atoms with van der Waals surface area (Å²) in [4.78, 5) is 2.47. The van der Waals surface area contributed by atoms with Crippen molar-refractivity contribution < 1.29 is 14.6 Å². The molecule has 0 spiro atoms. The molecule has 0 bridgehead atoms. The van der Waals surface area contributed by atoms with Crippen LogP contribution in [0.4, 0.5) is 0 Å². The second-order valence-corrected chi connectivity index (χ2v) is 4.93. The molecule has 2 atom stereocenters. The van der Waals surface area contributed by atoms with Gasteiger partial charge in [-0.1, -0.05) is 6.92 Å². The van der Waals surface area contributed by atoms with Crippen molar-refractivity contribution in [3.8, 4) is 0 Å². The molecule has 0 aromatic rings. The van der Waals surface area contributed by atoms with Gasteiger partial charge in [0.15, 0.2) is 0 Å². The van der Waals surface area contributed by atoms with Gasteiger partial charge in [-0.3, -0.25) is 0 Å². The minimum atomic E-state index is -0.425. The lowest BCUT2D eigenvalue weighted by molar-refractivity contribution is 0.0136. The highest BCUT2D eigenvalue weighted by Gasteiger charge is 2.20. The lowest BCUT2D eigenvalue weighted by Gasteiger charge is -2.16. The molecule has 0 saturated carbocycles. The second kappa shape index (κ2) is 9.69. The van der Waals surface area contributed by atoms with Crippen LogP contribution in [0, 0.1) is 5.92 Å². The summed E-state index contributed by atoms with van der Waals surface area (Å²) in [6.45, 7) is 8.85. The molecule has 5 nitrogen and oxygen atoms in total. The number of hydrogen-bond acceptors (Lipinski definition) is 5. The van der Waals surface area contributed by atoms with Crippen LogP contribution in [0.15, 0.2) is 0 Å². The van der Waals surface area contributed by atoms with Crippen LogP contribution >= 0.6 is 0 Å². The van der Waals surface area contributed by atoms with Crippen LogP contribution in [0.5, 0.6) is 0 Å². The maximum Gasteiger partial charge on any atom is 0.0897 e. The zero-order valence-corrected chi connectivity index (χ0v) is 11.7. The molecule has 108 valence electrons. The van der Waals surface area contributed by atoms with Gasteiger partial charge >= 0.3 is 0 Å². The van der Waals surface area contributed by atoms with Crippen LogP contribution < -0.4 is 5.32 Å². The van der Waals surface area contributed by atoms with Crippen LogP contribution in [-0.2, 0) is 9.47 Å². The topological polar surface area (TPSA) is 54.0 Å². The molecular formula is C13H28N2O3. The van der Waals surface area contributed by atoms with Gasteiger partial charge in [-0.2, -0.15) is 0 Å².